The molecule has 11 nitrogen and oxygen atoms in total. The predicted octanol–water partition coefficient (Wildman–Crippen LogP) is 4.72. The summed E-state index contributed by atoms with van der Waals surface area (Å²) in [4.78, 5) is 15.0. The van der Waals surface area contributed by atoms with Gasteiger partial charge in [-0.15, -0.1) is 0 Å². The van der Waals surface area contributed by atoms with Gasteiger partial charge in [0, 0.05) is 20.5 Å². The fourth-order valence-corrected chi connectivity index (χ4v) is 5.63. The smallest absolute Gasteiger partial charge is 0.167 e. The van der Waals surface area contributed by atoms with E-state index < -0.39 is 24.0 Å². The first kappa shape index (κ1) is 30.2. The van der Waals surface area contributed by atoms with Crippen LogP contribution in [0, 0.1) is 0 Å². The molecule has 0 radical (unpaired) electrons. The van der Waals surface area contributed by atoms with E-state index >= 15 is 0 Å². The molecule has 3 unspecified atom stereocenters. The van der Waals surface area contributed by atoms with Crippen molar-refractivity contribution in [3.8, 4) is 11.5 Å². The topological polar surface area (TPSA) is 116 Å². The zero-order valence-electron chi connectivity index (χ0n) is 25.6. The average molecular weight is 609 g/mol. The van der Waals surface area contributed by atoms with E-state index in [2.05, 4.69) is 20.1 Å². The molecule has 6 rings (SSSR count). The minimum absolute atomic E-state index is 0.0944. The molecule has 1 N–H and O–H groups in total. The summed E-state index contributed by atoms with van der Waals surface area (Å²) in [6.45, 7) is 0.0944. The number of hydrogen-bond donors (Lipinski definition) is 1. The Balaban J connectivity index is 1.33. The minimum atomic E-state index is -1.04. The van der Waals surface area contributed by atoms with E-state index in [4.69, 9.17) is 18.9 Å². The van der Waals surface area contributed by atoms with Crippen molar-refractivity contribution in [3.63, 3.8) is 0 Å². The van der Waals surface area contributed by atoms with E-state index in [9.17, 15) is 5.11 Å². The van der Waals surface area contributed by atoms with Crippen molar-refractivity contribution in [3.05, 3.63) is 108 Å². The molecule has 3 aromatic carbocycles. The molecule has 11 heteroatoms. The maximum absolute atomic E-state index is 11.2. The van der Waals surface area contributed by atoms with Crippen LogP contribution in [0.5, 0.6) is 11.5 Å². The Morgan fingerprint density at radius 3 is 2.16 bits per heavy atom. The van der Waals surface area contributed by atoms with Crippen LogP contribution >= 0.6 is 0 Å². The highest BCUT2D eigenvalue weighted by Gasteiger charge is 2.42. The van der Waals surface area contributed by atoms with E-state index in [1.807, 2.05) is 97.9 Å². The monoisotopic (exact) mass is 608 g/mol. The SMILES string of the molecule is COc1ccc(C(OCC2OC(n3ncc4c(/N=C/N(C)C)ncnc43)CC2O)(c2ccccc2)c2ccc(OC)cc2)cc1. The third-order valence-electron chi connectivity index (χ3n) is 7.90. The maximum atomic E-state index is 11.2. The highest BCUT2D eigenvalue weighted by molar-refractivity contribution is 5.86. The molecule has 3 atom stereocenters. The summed E-state index contributed by atoms with van der Waals surface area (Å²) >= 11 is 0. The van der Waals surface area contributed by atoms with Gasteiger partial charge in [-0.3, -0.25) is 0 Å². The Kier molecular flexibility index (Phi) is 8.74. The van der Waals surface area contributed by atoms with Crippen LogP contribution in [0.1, 0.15) is 29.3 Å². The number of methoxy groups -OCH3 is 2. The molecule has 1 saturated heterocycles. The number of ether oxygens (including phenoxy) is 4. The van der Waals surface area contributed by atoms with Crippen molar-refractivity contribution in [2.45, 2.75) is 30.5 Å². The number of rotatable bonds is 11. The highest BCUT2D eigenvalue weighted by atomic mass is 16.6. The molecule has 0 spiro atoms. The van der Waals surface area contributed by atoms with Gasteiger partial charge in [-0.05, 0) is 41.0 Å². The summed E-state index contributed by atoms with van der Waals surface area (Å²) < 4.78 is 26.0. The molecule has 0 aliphatic carbocycles. The van der Waals surface area contributed by atoms with Crippen molar-refractivity contribution < 1.29 is 24.1 Å². The lowest BCUT2D eigenvalue weighted by molar-refractivity contribution is -0.0949. The van der Waals surface area contributed by atoms with Crippen molar-refractivity contribution in [1.29, 1.82) is 0 Å². The zero-order valence-corrected chi connectivity index (χ0v) is 25.6. The number of hydrogen-bond acceptors (Lipinski definition) is 9. The van der Waals surface area contributed by atoms with Crippen molar-refractivity contribution in [1.82, 2.24) is 24.6 Å². The van der Waals surface area contributed by atoms with Gasteiger partial charge in [0.2, 0.25) is 0 Å². The lowest BCUT2D eigenvalue weighted by atomic mass is 9.80. The number of aliphatic hydroxyl groups is 1. The number of nitrogens with zero attached hydrogens (tertiary/aromatic N) is 6. The molecule has 232 valence electrons. The molecular formula is C34H36N6O5. The number of aliphatic imine (C=N–C) groups is 1. The van der Waals surface area contributed by atoms with E-state index in [-0.39, 0.29) is 6.61 Å². The second-order valence-electron chi connectivity index (χ2n) is 11.0. The van der Waals surface area contributed by atoms with E-state index in [1.165, 1.54) is 6.33 Å². The van der Waals surface area contributed by atoms with Crippen LogP contribution in [-0.2, 0) is 15.1 Å². The highest BCUT2D eigenvalue weighted by Crippen LogP contribution is 2.43. The molecule has 5 aromatic rings. The Morgan fingerprint density at radius 2 is 1.56 bits per heavy atom. The number of fused-ring (bicyclic) bond motifs is 1. The van der Waals surface area contributed by atoms with Gasteiger partial charge in [-0.25, -0.2) is 19.6 Å². The maximum Gasteiger partial charge on any atom is 0.167 e. The second kappa shape index (κ2) is 13.0. The lowest BCUT2D eigenvalue weighted by Crippen LogP contribution is -2.38. The minimum Gasteiger partial charge on any atom is -0.497 e. The number of aliphatic hydroxyl groups excluding tert-OH is 1. The van der Waals surface area contributed by atoms with E-state index in [0.29, 0.717) is 23.3 Å². The quantitative estimate of drug-likeness (QED) is 0.129. The molecular weight excluding hydrogens is 572 g/mol. The number of benzene rings is 3. The molecule has 1 fully saturated rings. The van der Waals surface area contributed by atoms with Gasteiger partial charge in [0.15, 0.2) is 17.7 Å². The third-order valence-corrected chi connectivity index (χ3v) is 7.90. The molecule has 0 saturated carbocycles. The summed E-state index contributed by atoms with van der Waals surface area (Å²) in [6, 6.07) is 25.7. The normalized spacial score (nSPS) is 18.5. The predicted molar refractivity (Wildman–Crippen MR) is 170 cm³/mol. The van der Waals surface area contributed by atoms with Crippen LogP contribution in [0.15, 0.2) is 96.4 Å². The van der Waals surface area contributed by atoms with E-state index in [1.54, 1.807) is 31.4 Å². The van der Waals surface area contributed by atoms with Gasteiger partial charge in [0.1, 0.15) is 29.5 Å². The van der Waals surface area contributed by atoms with Gasteiger partial charge in [0.25, 0.3) is 0 Å². The summed E-state index contributed by atoms with van der Waals surface area (Å²) in [5.74, 6) is 1.97. The van der Waals surface area contributed by atoms with E-state index in [0.717, 1.165) is 28.2 Å². The second-order valence-corrected chi connectivity index (χ2v) is 11.0. The molecule has 3 heterocycles. The van der Waals surface area contributed by atoms with Crippen molar-refractivity contribution >= 4 is 23.2 Å². The average Bonchev–Trinajstić information content (AvgIpc) is 3.68. The Labute approximate surface area is 261 Å². The van der Waals surface area contributed by atoms with Gasteiger partial charge >= 0.3 is 0 Å². The number of aromatic nitrogens is 4. The Morgan fingerprint density at radius 1 is 0.933 bits per heavy atom. The Hall–Kier alpha value is -4.84. The zero-order chi connectivity index (χ0) is 31.4. The first-order valence-electron chi connectivity index (χ1n) is 14.6. The lowest BCUT2D eigenvalue weighted by Gasteiger charge is -2.37. The molecule has 45 heavy (non-hydrogen) atoms. The Bertz CT molecular complexity index is 1690. The molecule has 1 aliphatic rings. The summed E-state index contributed by atoms with van der Waals surface area (Å²) in [5, 5.41) is 16.5. The fraction of sp³-hybridized carbons (Fsp3) is 0.294. The third kappa shape index (κ3) is 5.97. The summed E-state index contributed by atoms with van der Waals surface area (Å²) in [7, 11) is 7.05. The van der Waals surface area contributed by atoms with Crippen LogP contribution in [-0.4, -0.2) is 83.2 Å². The van der Waals surface area contributed by atoms with Crippen LogP contribution < -0.4 is 9.47 Å². The first-order valence-corrected chi connectivity index (χ1v) is 14.6. The largest absolute Gasteiger partial charge is 0.497 e. The first-order chi connectivity index (χ1) is 21.9. The van der Waals surface area contributed by atoms with Crippen LogP contribution in [0.4, 0.5) is 5.82 Å². The molecule has 0 bridgehead atoms. The van der Waals surface area contributed by atoms with Gasteiger partial charge < -0.3 is 29.0 Å². The van der Waals surface area contributed by atoms with Gasteiger partial charge in [-0.1, -0.05) is 54.6 Å². The van der Waals surface area contributed by atoms with Crippen LogP contribution in [0.25, 0.3) is 11.0 Å². The van der Waals surface area contributed by atoms with Gasteiger partial charge in [0.05, 0.1) is 44.9 Å². The van der Waals surface area contributed by atoms with Crippen molar-refractivity contribution in [2.24, 2.45) is 4.99 Å². The summed E-state index contributed by atoms with van der Waals surface area (Å²) in [5.41, 5.74) is 2.25. The van der Waals surface area contributed by atoms with Crippen LogP contribution in [0.3, 0.4) is 0 Å². The molecule has 2 aromatic heterocycles. The molecule has 0 amide bonds. The van der Waals surface area contributed by atoms with Crippen molar-refractivity contribution in [2.75, 3.05) is 34.9 Å². The van der Waals surface area contributed by atoms with Crippen LogP contribution in [0.2, 0.25) is 0 Å². The standard InChI is InChI=1S/C34H36N6O5/c1-39(2)22-37-32-28-19-38-40(33(28)36-21-35-32)31-18-29(41)30(45-31)20-44-34(23-8-6-5-7-9-23,24-10-14-26(42-3)15-11-24)25-12-16-27(43-4)17-13-25/h5-17,19,21-22,29-31,41H,18,20H2,1-4H3/b37-22+. The summed E-state index contributed by atoms with van der Waals surface area (Å²) in [6.07, 6.45) is 3.11. The fourth-order valence-electron chi connectivity index (χ4n) is 5.63. The molecule has 1 aliphatic heterocycles. The van der Waals surface area contributed by atoms with Gasteiger partial charge in [-0.2, -0.15) is 5.10 Å².